The molecule has 0 radical (unpaired) electrons. The Labute approximate surface area is 157 Å². The third kappa shape index (κ3) is 3.50. The fraction of sp³-hybridized carbons (Fsp3) is 0.200. The van der Waals surface area contributed by atoms with Gasteiger partial charge in [-0.25, -0.2) is 8.42 Å². The van der Waals surface area contributed by atoms with Crippen LogP contribution in [0.4, 0.5) is 11.4 Å². The normalized spacial score (nSPS) is 16.2. The summed E-state index contributed by atoms with van der Waals surface area (Å²) in [6.45, 7) is 0.482. The molecule has 0 bridgehead atoms. The largest absolute Gasteiger partial charge is 0.320 e. The van der Waals surface area contributed by atoms with Gasteiger partial charge >= 0.3 is 0 Å². The number of carbonyl (C=O) groups is 1. The lowest BCUT2D eigenvalue weighted by molar-refractivity contribution is 0.102. The van der Waals surface area contributed by atoms with Gasteiger partial charge in [0.15, 0.2) is 0 Å². The number of sulfonamides is 1. The Morgan fingerprint density at radius 1 is 1.00 bits per heavy atom. The molecule has 0 spiro atoms. The zero-order chi connectivity index (χ0) is 18.9. The van der Waals surface area contributed by atoms with Crippen LogP contribution < -0.4 is 9.62 Å². The van der Waals surface area contributed by atoms with E-state index >= 15 is 0 Å². The molecular formula is C20H19N3O3S. The number of hydrogen-bond acceptors (Lipinski definition) is 4. The number of benzene rings is 2. The van der Waals surface area contributed by atoms with E-state index in [-0.39, 0.29) is 11.7 Å². The van der Waals surface area contributed by atoms with Crippen molar-refractivity contribution >= 4 is 38.2 Å². The first kappa shape index (κ1) is 17.5. The molecule has 7 heteroatoms. The second kappa shape index (κ2) is 7.00. The fourth-order valence-electron chi connectivity index (χ4n) is 3.26. The van der Waals surface area contributed by atoms with Gasteiger partial charge in [-0.05, 0) is 49.2 Å². The van der Waals surface area contributed by atoms with Gasteiger partial charge in [0, 0.05) is 23.7 Å². The number of rotatable bonds is 3. The monoisotopic (exact) mass is 381 g/mol. The summed E-state index contributed by atoms with van der Waals surface area (Å²) in [6, 6.07) is 16.0. The van der Waals surface area contributed by atoms with E-state index in [1.54, 1.807) is 30.5 Å². The van der Waals surface area contributed by atoms with Crippen LogP contribution in [0.5, 0.6) is 0 Å². The molecule has 0 saturated carbocycles. The molecule has 1 aliphatic heterocycles. The van der Waals surface area contributed by atoms with Gasteiger partial charge in [0.1, 0.15) is 0 Å². The smallest absolute Gasteiger partial charge is 0.255 e. The van der Waals surface area contributed by atoms with Gasteiger partial charge in [0.25, 0.3) is 5.91 Å². The number of hydrogen-bond donors (Lipinski definition) is 1. The summed E-state index contributed by atoms with van der Waals surface area (Å²) in [7, 11) is -3.26. The molecule has 1 saturated heterocycles. The van der Waals surface area contributed by atoms with Gasteiger partial charge in [0.05, 0.1) is 22.6 Å². The minimum absolute atomic E-state index is 0.170. The van der Waals surface area contributed by atoms with Crippen molar-refractivity contribution in [3.8, 4) is 0 Å². The maximum atomic E-state index is 12.6. The fourth-order valence-corrected chi connectivity index (χ4v) is 4.90. The van der Waals surface area contributed by atoms with Crippen molar-refractivity contribution in [3.05, 3.63) is 66.4 Å². The van der Waals surface area contributed by atoms with Crippen LogP contribution in [-0.4, -0.2) is 31.6 Å². The molecule has 6 nitrogen and oxygen atoms in total. The number of nitrogens with zero attached hydrogens (tertiary/aromatic N) is 2. The van der Waals surface area contributed by atoms with Crippen LogP contribution in [0.2, 0.25) is 0 Å². The second-order valence-corrected chi connectivity index (χ2v) is 8.49. The number of nitrogens with one attached hydrogen (secondary N) is 1. The average molecular weight is 381 g/mol. The lowest BCUT2D eigenvalue weighted by Crippen LogP contribution is -2.37. The van der Waals surface area contributed by atoms with Crippen molar-refractivity contribution in [3.63, 3.8) is 0 Å². The standard InChI is InChI=1S/C20H19N3O3S/c24-20(22-18-7-3-5-15-6-4-12-21-19(15)18)16-8-10-17(11-9-16)23-13-1-2-14-27(23,25)26/h3-12H,1-2,13-14H2,(H,22,24). The van der Waals surface area contributed by atoms with Crippen LogP contribution in [-0.2, 0) is 10.0 Å². The maximum absolute atomic E-state index is 12.6. The van der Waals surface area contributed by atoms with Crippen molar-refractivity contribution in [2.24, 2.45) is 0 Å². The highest BCUT2D eigenvalue weighted by Gasteiger charge is 2.26. The van der Waals surface area contributed by atoms with Crippen LogP contribution in [0, 0.1) is 0 Å². The number of amides is 1. The van der Waals surface area contributed by atoms with Crippen LogP contribution in [0.15, 0.2) is 60.8 Å². The van der Waals surface area contributed by atoms with Gasteiger partial charge in [-0.3, -0.25) is 14.1 Å². The van der Waals surface area contributed by atoms with E-state index in [2.05, 4.69) is 10.3 Å². The van der Waals surface area contributed by atoms with Gasteiger partial charge < -0.3 is 5.32 Å². The summed E-state index contributed by atoms with van der Waals surface area (Å²) in [5.41, 5.74) is 2.42. The number of pyridine rings is 1. The van der Waals surface area contributed by atoms with E-state index in [1.165, 1.54) is 4.31 Å². The Hall–Kier alpha value is -2.93. The van der Waals surface area contributed by atoms with Crippen LogP contribution >= 0.6 is 0 Å². The second-order valence-electron chi connectivity index (χ2n) is 6.48. The Morgan fingerprint density at radius 2 is 1.78 bits per heavy atom. The predicted octanol–water partition coefficient (Wildman–Crippen LogP) is 3.42. The van der Waals surface area contributed by atoms with E-state index in [0.717, 1.165) is 17.3 Å². The highest BCUT2D eigenvalue weighted by molar-refractivity contribution is 7.92. The SMILES string of the molecule is O=C(Nc1cccc2cccnc12)c1ccc(N2CCCCS2(=O)=O)cc1. The van der Waals surface area contributed by atoms with Crippen molar-refractivity contribution in [1.29, 1.82) is 0 Å². The highest BCUT2D eigenvalue weighted by atomic mass is 32.2. The van der Waals surface area contributed by atoms with Crippen LogP contribution in [0.3, 0.4) is 0 Å². The molecule has 1 aromatic heterocycles. The number of aromatic nitrogens is 1. The van der Waals surface area contributed by atoms with Gasteiger partial charge in [-0.2, -0.15) is 0 Å². The third-order valence-corrected chi connectivity index (χ3v) is 6.52. The Bertz CT molecular complexity index is 1090. The Kier molecular flexibility index (Phi) is 4.53. The molecule has 1 amide bonds. The first-order valence-electron chi connectivity index (χ1n) is 8.80. The number of carbonyl (C=O) groups excluding carboxylic acids is 1. The molecule has 1 aliphatic rings. The maximum Gasteiger partial charge on any atom is 0.255 e. The van der Waals surface area contributed by atoms with E-state index in [0.29, 0.717) is 29.9 Å². The Morgan fingerprint density at radius 3 is 2.56 bits per heavy atom. The molecule has 0 aliphatic carbocycles. The van der Waals surface area contributed by atoms with E-state index in [9.17, 15) is 13.2 Å². The molecule has 2 aromatic carbocycles. The minimum atomic E-state index is -3.26. The molecule has 2 heterocycles. The van der Waals surface area contributed by atoms with Gasteiger partial charge in [-0.1, -0.05) is 18.2 Å². The first-order valence-corrected chi connectivity index (χ1v) is 10.4. The summed E-state index contributed by atoms with van der Waals surface area (Å²) in [4.78, 5) is 16.9. The molecule has 27 heavy (non-hydrogen) atoms. The summed E-state index contributed by atoms with van der Waals surface area (Å²) >= 11 is 0. The summed E-state index contributed by atoms with van der Waals surface area (Å²) in [6.07, 6.45) is 3.22. The van der Waals surface area contributed by atoms with E-state index in [1.807, 2.05) is 30.3 Å². The molecule has 0 atom stereocenters. The molecule has 4 rings (SSSR count). The highest BCUT2D eigenvalue weighted by Crippen LogP contribution is 2.25. The molecule has 0 unspecified atom stereocenters. The number of fused-ring (bicyclic) bond motifs is 1. The molecular weight excluding hydrogens is 362 g/mol. The van der Waals surface area contributed by atoms with Crippen molar-refractivity contribution in [2.45, 2.75) is 12.8 Å². The number of anilines is 2. The van der Waals surface area contributed by atoms with Crippen molar-refractivity contribution < 1.29 is 13.2 Å². The topological polar surface area (TPSA) is 79.4 Å². The zero-order valence-electron chi connectivity index (χ0n) is 14.6. The first-order chi connectivity index (χ1) is 13.0. The van der Waals surface area contributed by atoms with Crippen molar-refractivity contribution in [1.82, 2.24) is 4.98 Å². The summed E-state index contributed by atoms with van der Waals surface area (Å²) < 4.78 is 25.8. The third-order valence-electron chi connectivity index (χ3n) is 4.65. The summed E-state index contributed by atoms with van der Waals surface area (Å²) in [5.74, 6) is -0.0928. The molecule has 1 fully saturated rings. The van der Waals surface area contributed by atoms with Crippen molar-refractivity contribution in [2.75, 3.05) is 21.9 Å². The lowest BCUT2D eigenvalue weighted by Gasteiger charge is -2.28. The van der Waals surface area contributed by atoms with E-state index < -0.39 is 10.0 Å². The minimum Gasteiger partial charge on any atom is -0.320 e. The zero-order valence-corrected chi connectivity index (χ0v) is 15.4. The lowest BCUT2D eigenvalue weighted by atomic mass is 10.1. The summed E-state index contributed by atoms with van der Waals surface area (Å²) in [5, 5.41) is 3.83. The van der Waals surface area contributed by atoms with E-state index in [4.69, 9.17) is 0 Å². The molecule has 138 valence electrons. The Balaban J connectivity index is 1.56. The molecule has 1 N–H and O–H groups in total. The molecule has 3 aromatic rings. The van der Waals surface area contributed by atoms with Gasteiger partial charge in [0.2, 0.25) is 10.0 Å². The van der Waals surface area contributed by atoms with Crippen LogP contribution in [0.25, 0.3) is 10.9 Å². The quantitative estimate of drug-likeness (QED) is 0.754. The number of para-hydroxylation sites is 1. The van der Waals surface area contributed by atoms with Gasteiger partial charge in [-0.15, -0.1) is 0 Å². The average Bonchev–Trinajstić information content (AvgIpc) is 2.68. The predicted molar refractivity (Wildman–Crippen MR) is 107 cm³/mol. The van der Waals surface area contributed by atoms with Crippen LogP contribution in [0.1, 0.15) is 23.2 Å².